The standard InChI is InChI=1S/C10H16N2O4/c1-2-16-9(15)10(8(11)14)3-5-12(7-13)6-4-10/h7H,2-6H2,1H3,(H2,11,14). The molecule has 6 heteroatoms. The fraction of sp³-hybridized carbons (Fsp3) is 0.700. The average molecular weight is 228 g/mol. The third-order valence-electron chi connectivity index (χ3n) is 2.94. The summed E-state index contributed by atoms with van der Waals surface area (Å²) in [4.78, 5) is 35.2. The SMILES string of the molecule is CCOC(=O)C1(C(N)=O)CCN(C=O)CC1. The predicted octanol–water partition coefficient (Wildman–Crippen LogP) is -0.727. The molecule has 90 valence electrons. The van der Waals surface area contributed by atoms with Gasteiger partial charge in [0.25, 0.3) is 0 Å². The lowest BCUT2D eigenvalue weighted by Gasteiger charge is -2.35. The number of nitrogens with two attached hydrogens (primary N) is 1. The molecule has 0 aromatic carbocycles. The minimum atomic E-state index is -1.25. The Hall–Kier alpha value is -1.59. The predicted molar refractivity (Wildman–Crippen MR) is 55.1 cm³/mol. The normalized spacial score (nSPS) is 18.9. The topological polar surface area (TPSA) is 89.7 Å². The monoisotopic (exact) mass is 228 g/mol. The third-order valence-corrected chi connectivity index (χ3v) is 2.94. The molecule has 2 N–H and O–H groups in total. The number of esters is 1. The van der Waals surface area contributed by atoms with Crippen molar-refractivity contribution < 1.29 is 19.1 Å². The van der Waals surface area contributed by atoms with Gasteiger partial charge < -0.3 is 15.4 Å². The van der Waals surface area contributed by atoms with Gasteiger partial charge in [-0.1, -0.05) is 0 Å². The van der Waals surface area contributed by atoms with Gasteiger partial charge in [-0.05, 0) is 19.8 Å². The Balaban J connectivity index is 2.80. The summed E-state index contributed by atoms with van der Waals surface area (Å²) >= 11 is 0. The van der Waals surface area contributed by atoms with Crippen LogP contribution in [0.2, 0.25) is 0 Å². The van der Waals surface area contributed by atoms with Gasteiger partial charge in [0, 0.05) is 13.1 Å². The molecular weight excluding hydrogens is 212 g/mol. The maximum atomic E-state index is 11.7. The molecule has 2 amide bonds. The van der Waals surface area contributed by atoms with Crippen molar-refractivity contribution in [3.8, 4) is 0 Å². The molecule has 0 aromatic heterocycles. The molecule has 1 aliphatic heterocycles. The molecule has 0 radical (unpaired) electrons. The number of nitrogens with zero attached hydrogens (tertiary/aromatic N) is 1. The van der Waals surface area contributed by atoms with E-state index in [0.717, 1.165) is 0 Å². The number of hydrogen-bond acceptors (Lipinski definition) is 4. The average Bonchev–Trinajstić information content (AvgIpc) is 2.29. The summed E-state index contributed by atoms with van der Waals surface area (Å²) in [5, 5.41) is 0. The number of hydrogen-bond donors (Lipinski definition) is 1. The van der Waals surface area contributed by atoms with E-state index in [2.05, 4.69) is 0 Å². The van der Waals surface area contributed by atoms with Crippen LogP contribution in [-0.2, 0) is 19.1 Å². The molecule has 0 unspecified atom stereocenters. The van der Waals surface area contributed by atoms with Gasteiger partial charge in [0.1, 0.15) is 5.41 Å². The summed E-state index contributed by atoms with van der Waals surface area (Å²) in [6.07, 6.45) is 1.18. The summed E-state index contributed by atoms with van der Waals surface area (Å²) in [6, 6.07) is 0. The highest BCUT2D eigenvalue weighted by Gasteiger charge is 2.47. The lowest BCUT2D eigenvalue weighted by Crippen LogP contribution is -2.52. The molecule has 1 rings (SSSR count). The fourth-order valence-electron chi connectivity index (χ4n) is 1.83. The molecule has 6 nitrogen and oxygen atoms in total. The van der Waals surface area contributed by atoms with Crippen molar-refractivity contribution in [2.45, 2.75) is 19.8 Å². The number of primary amides is 1. The van der Waals surface area contributed by atoms with E-state index < -0.39 is 17.3 Å². The van der Waals surface area contributed by atoms with E-state index in [-0.39, 0.29) is 19.4 Å². The van der Waals surface area contributed by atoms with E-state index in [4.69, 9.17) is 10.5 Å². The minimum absolute atomic E-state index is 0.214. The van der Waals surface area contributed by atoms with E-state index >= 15 is 0 Å². The lowest BCUT2D eigenvalue weighted by atomic mass is 9.78. The summed E-state index contributed by atoms with van der Waals surface area (Å²) < 4.78 is 4.87. The van der Waals surface area contributed by atoms with E-state index in [0.29, 0.717) is 19.5 Å². The molecule has 0 aromatic rings. The maximum Gasteiger partial charge on any atom is 0.321 e. The van der Waals surface area contributed by atoms with Crippen molar-refractivity contribution in [2.24, 2.45) is 11.1 Å². The fourth-order valence-corrected chi connectivity index (χ4v) is 1.83. The molecule has 1 fully saturated rings. The molecule has 0 bridgehead atoms. The summed E-state index contributed by atoms with van der Waals surface area (Å²) in [7, 11) is 0. The van der Waals surface area contributed by atoms with Crippen LogP contribution >= 0.6 is 0 Å². The number of piperidine rings is 1. The van der Waals surface area contributed by atoms with Gasteiger partial charge in [-0.15, -0.1) is 0 Å². The first kappa shape index (κ1) is 12.5. The van der Waals surface area contributed by atoms with Crippen LogP contribution in [0.5, 0.6) is 0 Å². The van der Waals surface area contributed by atoms with Gasteiger partial charge in [-0.2, -0.15) is 0 Å². The Labute approximate surface area is 93.7 Å². The van der Waals surface area contributed by atoms with Gasteiger partial charge in [0.2, 0.25) is 12.3 Å². The molecule has 1 aliphatic rings. The van der Waals surface area contributed by atoms with Crippen molar-refractivity contribution in [3.63, 3.8) is 0 Å². The summed E-state index contributed by atoms with van der Waals surface area (Å²) in [6.45, 7) is 2.59. The lowest BCUT2D eigenvalue weighted by molar-refractivity contribution is -0.164. The number of carbonyl (C=O) groups excluding carboxylic acids is 3. The van der Waals surface area contributed by atoms with Crippen LogP contribution in [-0.4, -0.2) is 42.9 Å². The Morgan fingerprint density at radius 1 is 1.44 bits per heavy atom. The number of likely N-dealkylation sites (tertiary alicyclic amines) is 1. The van der Waals surface area contributed by atoms with Crippen LogP contribution < -0.4 is 5.73 Å². The van der Waals surface area contributed by atoms with E-state index in [1.165, 1.54) is 4.90 Å². The maximum absolute atomic E-state index is 11.7. The van der Waals surface area contributed by atoms with Crippen LogP contribution in [0.1, 0.15) is 19.8 Å². The zero-order valence-electron chi connectivity index (χ0n) is 9.27. The molecule has 1 saturated heterocycles. The zero-order valence-corrected chi connectivity index (χ0v) is 9.27. The second-order valence-electron chi connectivity index (χ2n) is 3.81. The van der Waals surface area contributed by atoms with Crippen molar-refractivity contribution >= 4 is 18.3 Å². The molecule has 0 saturated carbocycles. The van der Waals surface area contributed by atoms with Crippen LogP contribution in [0.4, 0.5) is 0 Å². The van der Waals surface area contributed by atoms with Gasteiger partial charge in [0.15, 0.2) is 0 Å². The second-order valence-corrected chi connectivity index (χ2v) is 3.81. The zero-order chi connectivity index (χ0) is 12.2. The Morgan fingerprint density at radius 2 is 2.00 bits per heavy atom. The van der Waals surface area contributed by atoms with Crippen LogP contribution in [0.15, 0.2) is 0 Å². The van der Waals surface area contributed by atoms with Gasteiger partial charge in [-0.25, -0.2) is 0 Å². The number of amides is 2. The quantitative estimate of drug-likeness (QED) is 0.390. The number of ether oxygens (including phenoxy) is 1. The molecule has 0 aliphatic carbocycles. The largest absolute Gasteiger partial charge is 0.465 e. The molecule has 16 heavy (non-hydrogen) atoms. The summed E-state index contributed by atoms with van der Waals surface area (Å²) in [5.41, 5.74) is 4.02. The van der Waals surface area contributed by atoms with Crippen LogP contribution in [0.3, 0.4) is 0 Å². The highest BCUT2D eigenvalue weighted by Crippen LogP contribution is 2.32. The molecule has 0 atom stereocenters. The highest BCUT2D eigenvalue weighted by atomic mass is 16.5. The van der Waals surface area contributed by atoms with Crippen LogP contribution in [0.25, 0.3) is 0 Å². The molecule has 0 spiro atoms. The third kappa shape index (κ3) is 2.15. The number of carbonyl (C=O) groups is 3. The van der Waals surface area contributed by atoms with Crippen molar-refractivity contribution in [1.29, 1.82) is 0 Å². The van der Waals surface area contributed by atoms with Crippen molar-refractivity contribution in [3.05, 3.63) is 0 Å². The number of rotatable bonds is 4. The van der Waals surface area contributed by atoms with Gasteiger partial charge in [0.05, 0.1) is 6.61 Å². The van der Waals surface area contributed by atoms with E-state index in [1.807, 2.05) is 0 Å². The minimum Gasteiger partial charge on any atom is -0.465 e. The Kier molecular flexibility index (Phi) is 3.87. The first-order chi connectivity index (χ1) is 7.56. The van der Waals surface area contributed by atoms with E-state index in [1.54, 1.807) is 6.92 Å². The van der Waals surface area contributed by atoms with Crippen molar-refractivity contribution in [1.82, 2.24) is 4.90 Å². The first-order valence-corrected chi connectivity index (χ1v) is 5.23. The Morgan fingerprint density at radius 3 is 2.38 bits per heavy atom. The van der Waals surface area contributed by atoms with Crippen molar-refractivity contribution in [2.75, 3.05) is 19.7 Å². The highest BCUT2D eigenvalue weighted by molar-refractivity contribution is 6.02. The van der Waals surface area contributed by atoms with Gasteiger partial charge in [-0.3, -0.25) is 14.4 Å². The smallest absolute Gasteiger partial charge is 0.321 e. The summed E-state index contributed by atoms with van der Waals surface area (Å²) in [5.74, 6) is -1.25. The van der Waals surface area contributed by atoms with E-state index in [9.17, 15) is 14.4 Å². The Bertz CT molecular complexity index is 295. The molecular formula is C10H16N2O4. The van der Waals surface area contributed by atoms with Crippen LogP contribution in [0, 0.1) is 5.41 Å². The second kappa shape index (κ2) is 4.96. The molecule has 1 heterocycles. The van der Waals surface area contributed by atoms with Gasteiger partial charge >= 0.3 is 5.97 Å². The first-order valence-electron chi connectivity index (χ1n) is 5.23.